The van der Waals surface area contributed by atoms with E-state index in [2.05, 4.69) is 19.9 Å². The Balaban J connectivity index is 1.19. The third-order valence-electron chi connectivity index (χ3n) is 6.05. The number of aryl methyl sites for hydroxylation is 1. The van der Waals surface area contributed by atoms with Gasteiger partial charge in [-0.25, -0.2) is 4.98 Å². The number of aromatic amines is 1. The maximum atomic E-state index is 12.8. The lowest BCUT2D eigenvalue weighted by molar-refractivity contribution is -0.135. The first-order chi connectivity index (χ1) is 15.2. The van der Waals surface area contributed by atoms with Crippen molar-refractivity contribution >= 4 is 33.8 Å². The summed E-state index contributed by atoms with van der Waals surface area (Å²) >= 11 is 0. The molecule has 7 heteroatoms. The number of fused-ring (bicyclic) bond motifs is 2. The predicted molar refractivity (Wildman–Crippen MR) is 119 cm³/mol. The quantitative estimate of drug-likeness (QED) is 0.455. The normalized spacial score (nSPS) is 16.5. The molecule has 158 valence electrons. The van der Waals surface area contributed by atoms with Gasteiger partial charge < -0.3 is 19.8 Å². The van der Waals surface area contributed by atoms with Gasteiger partial charge in [-0.1, -0.05) is 30.3 Å². The van der Waals surface area contributed by atoms with E-state index < -0.39 is 6.04 Å². The van der Waals surface area contributed by atoms with Gasteiger partial charge in [-0.3, -0.25) is 9.59 Å². The number of H-pyrrole nitrogens is 1. The van der Waals surface area contributed by atoms with Crippen LogP contribution in [-0.4, -0.2) is 43.8 Å². The zero-order valence-electron chi connectivity index (χ0n) is 17.3. The molecule has 2 N–H and O–H groups in total. The van der Waals surface area contributed by atoms with Gasteiger partial charge in [0.05, 0.1) is 17.4 Å². The Kier molecular flexibility index (Phi) is 5.16. The monoisotopic (exact) mass is 415 g/mol. The van der Waals surface area contributed by atoms with E-state index >= 15 is 0 Å². The molecule has 0 aliphatic carbocycles. The number of nitrogens with zero attached hydrogens (tertiary/aromatic N) is 3. The van der Waals surface area contributed by atoms with Gasteiger partial charge in [0.1, 0.15) is 6.04 Å². The van der Waals surface area contributed by atoms with Gasteiger partial charge in [0.25, 0.3) is 0 Å². The van der Waals surface area contributed by atoms with Crippen LogP contribution in [-0.2, 0) is 22.7 Å². The molecule has 2 aromatic heterocycles. The first-order valence-corrected chi connectivity index (χ1v) is 10.7. The van der Waals surface area contributed by atoms with Crippen molar-refractivity contribution in [1.82, 2.24) is 24.8 Å². The second kappa shape index (κ2) is 8.26. The van der Waals surface area contributed by atoms with Crippen molar-refractivity contribution in [3.8, 4) is 0 Å². The Morgan fingerprint density at radius 3 is 2.94 bits per heavy atom. The second-order valence-electron chi connectivity index (χ2n) is 8.01. The van der Waals surface area contributed by atoms with Gasteiger partial charge in [-0.05, 0) is 36.6 Å². The highest BCUT2D eigenvalue weighted by Crippen LogP contribution is 2.25. The number of benzene rings is 2. The van der Waals surface area contributed by atoms with Gasteiger partial charge in [0, 0.05) is 43.2 Å². The van der Waals surface area contributed by atoms with Crippen LogP contribution in [0.2, 0.25) is 0 Å². The minimum Gasteiger partial charge on any atom is -0.361 e. The van der Waals surface area contributed by atoms with Crippen molar-refractivity contribution in [2.24, 2.45) is 0 Å². The van der Waals surface area contributed by atoms with Crippen LogP contribution in [0.4, 0.5) is 0 Å². The largest absolute Gasteiger partial charge is 0.361 e. The van der Waals surface area contributed by atoms with Crippen LogP contribution in [0.5, 0.6) is 0 Å². The molecule has 1 aliphatic rings. The number of hydrogen-bond donors (Lipinski definition) is 2. The molecule has 0 spiro atoms. The van der Waals surface area contributed by atoms with Crippen LogP contribution in [0.1, 0.15) is 24.8 Å². The molecule has 4 aromatic rings. The van der Waals surface area contributed by atoms with E-state index in [4.69, 9.17) is 0 Å². The number of rotatable bonds is 7. The van der Waals surface area contributed by atoms with E-state index in [0.29, 0.717) is 25.9 Å². The Morgan fingerprint density at radius 2 is 2.00 bits per heavy atom. The average Bonchev–Trinajstić information content (AvgIpc) is 3.50. The lowest BCUT2D eigenvalue weighted by Gasteiger charge is -2.24. The molecule has 0 saturated carbocycles. The number of likely N-dealkylation sites (tertiary alicyclic amines) is 1. The lowest BCUT2D eigenvalue weighted by Crippen LogP contribution is -2.44. The molecular formula is C24H25N5O2. The Morgan fingerprint density at radius 1 is 1.16 bits per heavy atom. The molecule has 1 saturated heterocycles. The number of carbonyl (C=O) groups is 2. The minimum absolute atomic E-state index is 0.0373. The van der Waals surface area contributed by atoms with Crippen LogP contribution in [0, 0.1) is 0 Å². The first kappa shape index (κ1) is 19.4. The third-order valence-corrected chi connectivity index (χ3v) is 6.05. The Hall–Kier alpha value is -3.61. The number of carbonyl (C=O) groups excluding carboxylic acids is 2. The molecule has 2 aromatic carbocycles. The van der Waals surface area contributed by atoms with Crippen molar-refractivity contribution in [1.29, 1.82) is 0 Å². The smallest absolute Gasteiger partial charge is 0.242 e. The summed E-state index contributed by atoms with van der Waals surface area (Å²) in [6, 6.07) is 15.6. The van der Waals surface area contributed by atoms with Crippen LogP contribution >= 0.6 is 0 Å². The number of amides is 2. The molecule has 1 aliphatic heterocycles. The van der Waals surface area contributed by atoms with E-state index in [1.54, 1.807) is 4.90 Å². The number of nitrogens with one attached hydrogen (secondary N) is 2. The molecule has 31 heavy (non-hydrogen) atoms. The summed E-state index contributed by atoms with van der Waals surface area (Å²) in [5.41, 5.74) is 4.15. The fourth-order valence-corrected chi connectivity index (χ4v) is 4.42. The van der Waals surface area contributed by atoms with Crippen molar-refractivity contribution in [2.45, 2.75) is 38.4 Å². The van der Waals surface area contributed by atoms with Gasteiger partial charge in [0.2, 0.25) is 11.8 Å². The summed E-state index contributed by atoms with van der Waals surface area (Å²) in [6.07, 6.45) is 5.56. The molecule has 0 radical (unpaired) electrons. The van der Waals surface area contributed by atoms with Crippen LogP contribution < -0.4 is 5.32 Å². The van der Waals surface area contributed by atoms with E-state index in [1.807, 2.05) is 61.1 Å². The molecule has 2 amide bonds. The summed E-state index contributed by atoms with van der Waals surface area (Å²) in [4.78, 5) is 34.7. The van der Waals surface area contributed by atoms with Crippen LogP contribution in [0.25, 0.3) is 21.9 Å². The minimum atomic E-state index is -0.407. The van der Waals surface area contributed by atoms with Gasteiger partial charge in [0.15, 0.2) is 0 Å². The molecule has 1 unspecified atom stereocenters. The number of imidazole rings is 1. The average molecular weight is 415 g/mol. The van der Waals surface area contributed by atoms with Crippen molar-refractivity contribution in [3.05, 3.63) is 66.6 Å². The fourth-order valence-electron chi connectivity index (χ4n) is 4.42. The highest BCUT2D eigenvalue weighted by molar-refractivity contribution is 5.91. The third kappa shape index (κ3) is 3.79. The standard InChI is InChI=1S/C24H25N5O2/c30-23-11-10-22(29(23)15-17-14-26-19-7-2-1-6-18(17)19)24(31)25-12-5-13-28-16-27-20-8-3-4-9-21(20)28/h1-4,6-9,14,16,22,26H,5,10-13,15H2,(H,25,31). The Labute approximate surface area is 180 Å². The molecule has 1 atom stereocenters. The van der Waals surface area contributed by atoms with Gasteiger partial charge in [-0.2, -0.15) is 0 Å². The van der Waals surface area contributed by atoms with E-state index in [0.717, 1.165) is 40.5 Å². The maximum absolute atomic E-state index is 12.8. The SMILES string of the molecule is O=C(NCCCn1cnc2ccccc21)C1CCC(=O)N1Cc1c[nH]c2ccccc12. The molecule has 7 nitrogen and oxygen atoms in total. The lowest BCUT2D eigenvalue weighted by atomic mass is 10.1. The zero-order chi connectivity index (χ0) is 21.2. The molecule has 1 fully saturated rings. The summed E-state index contributed by atoms with van der Waals surface area (Å²) in [5.74, 6) is -0.0310. The summed E-state index contributed by atoms with van der Waals surface area (Å²) in [6.45, 7) is 1.79. The van der Waals surface area contributed by atoms with Crippen molar-refractivity contribution in [3.63, 3.8) is 0 Å². The number of para-hydroxylation sites is 3. The first-order valence-electron chi connectivity index (χ1n) is 10.7. The second-order valence-corrected chi connectivity index (χ2v) is 8.01. The van der Waals surface area contributed by atoms with Crippen molar-refractivity contribution in [2.75, 3.05) is 6.54 Å². The number of hydrogen-bond acceptors (Lipinski definition) is 3. The summed E-state index contributed by atoms with van der Waals surface area (Å²) < 4.78 is 2.10. The molecular weight excluding hydrogens is 390 g/mol. The van der Waals surface area contributed by atoms with Crippen LogP contribution in [0.15, 0.2) is 61.1 Å². The van der Waals surface area contributed by atoms with E-state index in [-0.39, 0.29) is 11.8 Å². The van der Waals surface area contributed by atoms with Gasteiger partial charge in [-0.15, -0.1) is 0 Å². The highest BCUT2D eigenvalue weighted by atomic mass is 16.2. The van der Waals surface area contributed by atoms with E-state index in [1.165, 1.54) is 0 Å². The molecule has 5 rings (SSSR count). The van der Waals surface area contributed by atoms with E-state index in [9.17, 15) is 9.59 Å². The van der Waals surface area contributed by atoms with Crippen LogP contribution in [0.3, 0.4) is 0 Å². The number of aromatic nitrogens is 3. The predicted octanol–water partition coefficient (Wildman–Crippen LogP) is 3.22. The topological polar surface area (TPSA) is 83.0 Å². The highest BCUT2D eigenvalue weighted by Gasteiger charge is 2.36. The molecule has 0 bridgehead atoms. The Bertz CT molecular complexity index is 1240. The zero-order valence-corrected chi connectivity index (χ0v) is 17.3. The summed E-state index contributed by atoms with van der Waals surface area (Å²) in [5, 5.41) is 4.12. The fraction of sp³-hybridized carbons (Fsp3) is 0.292. The molecule has 3 heterocycles. The summed E-state index contributed by atoms with van der Waals surface area (Å²) in [7, 11) is 0. The maximum Gasteiger partial charge on any atom is 0.242 e. The van der Waals surface area contributed by atoms with Gasteiger partial charge >= 0.3 is 0 Å². The van der Waals surface area contributed by atoms with Crippen molar-refractivity contribution < 1.29 is 9.59 Å².